The monoisotopic (exact) mass is 371 g/mol. The Balaban J connectivity index is 1.23. The first-order valence-electron chi connectivity index (χ1n) is 10.5. The third-order valence-corrected chi connectivity index (χ3v) is 6.99. The lowest BCUT2D eigenvalue weighted by molar-refractivity contribution is -0.123. The summed E-state index contributed by atoms with van der Waals surface area (Å²) in [5, 5.41) is 3.30. The lowest BCUT2D eigenvalue weighted by atomic mass is 9.84. The van der Waals surface area contributed by atoms with Gasteiger partial charge in [-0.25, -0.2) is 0 Å². The van der Waals surface area contributed by atoms with Gasteiger partial charge in [0.15, 0.2) is 0 Å². The fourth-order valence-electron chi connectivity index (χ4n) is 5.55. The number of rotatable bonds is 6. The molecule has 2 saturated carbocycles. The van der Waals surface area contributed by atoms with Crippen molar-refractivity contribution in [3.8, 4) is 5.75 Å². The maximum absolute atomic E-state index is 12.6. The first-order valence-corrected chi connectivity index (χ1v) is 10.5. The highest BCUT2D eigenvalue weighted by atomic mass is 16.5. The van der Waals surface area contributed by atoms with Crippen molar-refractivity contribution in [1.82, 2.24) is 10.2 Å². The van der Waals surface area contributed by atoms with Gasteiger partial charge < -0.3 is 15.0 Å². The SMILES string of the molecule is COc1ccccc1N1CCN(CC(=O)N[C@@H](C)[C@@H]2C[C@H]3CC[C@H]2C3)CC1. The van der Waals surface area contributed by atoms with Crippen molar-refractivity contribution in [2.75, 3.05) is 44.7 Å². The fourth-order valence-corrected chi connectivity index (χ4v) is 5.55. The molecule has 0 spiro atoms. The molecule has 2 bridgehead atoms. The molecule has 1 N–H and O–H groups in total. The number of ether oxygens (including phenoxy) is 1. The summed E-state index contributed by atoms with van der Waals surface area (Å²) in [4.78, 5) is 17.2. The van der Waals surface area contributed by atoms with Crippen molar-refractivity contribution < 1.29 is 9.53 Å². The zero-order valence-corrected chi connectivity index (χ0v) is 16.7. The standard InChI is InChI=1S/C22H33N3O2/c1-16(19-14-17-7-8-18(19)13-17)23-22(26)15-24-9-11-25(12-10-24)20-5-3-4-6-21(20)27-2/h3-6,16-19H,7-15H2,1-2H3,(H,23,26)/t16-,17-,18-,19-/m0/s1. The van der Waals surface area contributed by atoms with Gasteiger partial charge in [0.25, 0.3) is 0 Å². The van der Waals surface area contributed by atoms with Gasteiger partial charge in [0.1, 0.15) is 5.75 Å². The number of hydrogen-bond donors (Lipinski definition) is 1. The second-order valence-corrected chi connectivity index (χ2v) is 8.63. The van der Waals surface area contributed by atoms with Crippen LogP contribution in [0.3, 0.4) is 0 Å². The molecule has 27 heavy (non-hydrogen) atoms. The van der Waals surface area contributed by atoms with Crippen molar-refractivity contribution in [3.63, 3.8) is 0 Å². The van der Waals surface area contributed by atoms with Crippen molar-refractivity contribution in [1.29, 1.82) is 0 Å². The fraction of sp³-hybridized carbons (Fsp3) is 0.682. The molecule has 1 aromatic carbocycles. The molecule has 5 nitrogen and oxygen atoms in total. The number of piperazine rings is 1. The number of benzene rings is 1. The molecule has 1 saturated heterocycles. The van der Waals surface area contributed by atoms with Crippen LogP contribution in [0.4, 0.5) is 5.69 Å². The van der Waals surface area contributed by atoms with Gasteiger partial charge in [-0.1, -0.05) is 18.6 Å². The third-order valence-electron chi connectivity index (χ3n) is 6.99. The van der Waals surface area contributed by atoms with Crippen LogP contribution in [-0.4, -0.2) is 56.7 Å². The molecule has 0 aromatic heterocycles. The maximum atomic E-state index is 12.6. The number of nitrogens with one attached hydrogen (secondary N) is 1. The molecular weight excluding hydrogens is 338 g/mol. The number of methoxy groups -OCH3 is 1. The van der Waals surface area contributed by atoms with Crippen LogP contribution in [0.25, 0.3) is 0 Å². The number of amides is 1. The van der Waals surface area contributed by atoms with E-state index < -0.39 is 0 Å². The Labute approximate surface area is 163 Å². The Morgan fingerprint density at radius 3 is 2.63 bits per heavy atom. The van der Waals surface area contributed by atoms with E-state index >= 15 is 0 Å². The molecule has 1 amide bonds. The minimum absolute atomic E-state index is 0.191. The van der Waals surface area contributed by atoms with E-state index in [0.717, 1.165) is 49.5 Å². The molecule has 1 heterocycles. The predicted octanol–water partition coefficient (Wildman–Crippen LogP) is 2.76. The van der Waals surface area contributed by atoms with Crippen molar-refractivity contribution in [2.24, 2.45) is 17.8 Å². The van der Waals surface area contributed by atoms with E-state index in [-0.39, 0.29) is 5.91 Å². The van der Waals surface area contributed by atoms with Gasteiger partial charge in [-0.05, 0) is 56.1 Å². The Morgan fingerprint density at radius 2 is 1.96 bits per heavy atom. The Kier molecular flexibility index (Phi) is 5.58. The Morgan fingerprint density at radius 1 is 1.19 bits per heavy atom. The number of nitrogens with zero attached hydrogens (tertiary/aromatic N) is 2. The molecule has 0 unspecified atom stereocenters. The highest BCUT2D eigenvalue weighted by Crippen LogP contribution is 2.49. The molecular formula is C22H33N3O2. The minimum Gasteiger partial charge on any atom is -0.495 e. The second-order valence-electron chi connectivity index (χ2n) is 8.63. The van der Waals surface area contributed by atoms with E-state index in [1.807, 2.05) is 12.1 Å². The number of fused-ring (bicyclic) bond motifs is 2. The summed E-state index contributed by atoms with van der Waals surface area (Å²) >= 11 is 0. The zero-order valence-electron chi connectivity index (χ0n) is 16.7. The van der Waals surface area contributed by atoms with Crippen LogP contribution in [0.5, 0.6) is 5.75 Å². The van der Waals surface area contributed by atoms with Crippen LogP contribution in [0.1, 0.15) is 32.6 Å². The van der Waals surface area contributed by atoms with E-state index in [1.165, 1.54) is 25.7 Å². The van der Waals surface area contributed by atoms with E-state index in [2.05, 4.69) is 34.2 Å². The number of para-hydroxylation sites is 2. The molecule has 5 heteroatoms. The Bertz CT molecular complexity index is 657. The van der Waals surface area contributed by atoms with Gasteiger partial charge in [-0.15, -0.1) is 0 Å². The van der Waals surface area contributed by atoms with Gasteiger partial charge >= 0.3 is 0 Å². The molecule has 1 aliphatic heterocycles. The van der Waals surface area contributed by atoms with Gasteiger partial charge in [0.2, 0.25) is 5.91 Å². The maximum Gasteiger partial charge on any atom is 0.234 e. The van der Waals surface area contributed by atoms with E-state index in [9.17, 15) is 4.79 Å². The summed E-state index contributed by atoms with van der Waals surface area (Å²) in [5.41, 5.74) is 1.15. The van der Waals surface area contributed by atoms with Crippen LogP contribution < -0.4 is 15.0 Å². The minimum atomic E-state index is 0.191. The number of hydrogen-bond acceptors (Lipinski definition) is 4. The van der Waals surface area contributed by atoms with Crippen LogP contribution in [-0.2, 0) is 4.79 Å². The van der Waals surface area contributed by atoms with E-state index in [0.29, 0.717) is 18.5 Å². The van der Waals surface area contributed by atoms with Gasteiger partial charge in [-0.2, -0.15) is 0 Å². The van der Waals surface area contributed by atoms with Crippen LogP contribution in [0.2, 0.25) is 0 Å². The normalized spacial score (nSPS) is 29.0. The highest BCUT2D eigenvalue weighted by Gasteiger charge is 2.42. The predicted molar refractivity (Wildman–Crippen MR) is 108 cm³/mol. The third kappa shape index (κ3) is 4.08. The number of carbonyl (C=O) groups excluding carboxylic acids is 1. The van der Waals surface area contributed by atoms with Crippen LogP contribution >= 0.6 is 0 Å². The molecule has 4 rings (SSSR count). The molecule has 148 valence electrons. The quantitative estimate of drug-likeness (QED) is 0.835. The second kappa shape index (κ2) is 8.09. The van der Waals surface area contributed by atoms with Crippen molar-refractivity contribution >= 4 is 11.6 Å². The van der Waals surface area contributed by atoms with Gasteiger partial charge in [0.05, 0.1) is 19.3 Å². The average molecular weight is 372 g/mol. The van der Waals surface area contributed by atoms with Crippen molar-refractivity contribution in [2.45, 2.75) is 38.6 Å². The lowest BCUT2D eigenvalue weighted by Gasteiger charge is -2.36. The molecule has 1 aromatic rings. The number of anilines is 1. The van der Waals surface area contributed by atoms with E-state index in [1.54, 1.807) is 7.11 Å². The summed E-state index contributed by atoms with van der Waals surface area (Å²) in [7, 11) is 1.72. The first kappa shape index (κ1) is 18.6. The summed E-state index contributed by atoms with van der Waals surface area (Å²) in [6.45, 7) is 6.40. The molecule has 0 radical (unpaired) electrons. The number of carbonyl (C=O) groups is 1. The van der Waals surface area contributed by atoms with Gasteiger partial charge in [-0.3, -0.25) is 9.69 Å². The molecule has 3 aliphatic rings. The summed E-state index contributed by atoms with van der Waals surface area (Å²) < 4.78 is 5.48. The lowest BCUT2D eigenvalue weighted by Crippen LogP contribution is -2.51. The largest absolute Gasteiger partial charge is 0.495 e. The first-order chi connectivity index (χ1) is 13.1. The van der Waals surface area contributed by atoms with Crippen LogP contribution in [0.15, 0.2) is 24.3 Å². The Hall–Kier alpha value is -1.75. The summed E-state index contributed by atoms with van der Waals surface area (Å²) in [6, 6.07) is 8.49. The van der Waals surface area contributed by atoms with Crippen LogP contribution in [0, 0.1) is 17.8 Å². The molecule has 3 fully saturated rings. The summed E-state index contributed by atoms with van der Waals surface area (Å²) in [6.07, 6.45) is 5.51. The zero-order chi connectivity index (χ0) is 18.8. The topological polar surface area (TPSA) is 44.8 Å². The smallest absolute Gasteiger partial charge is 0.234 e. The average Bonchev–Trinajstić information content (AvgIpc) is 3.32. The van der Waals surface area contributed by atoms with E-state index in [4.69, 9.17) is 4.74 Å². The highest BCUT2D eigenvalue weighted by molar-refractivity contribution is 5.78. The summed E-state index contributed by atoms with van der Waals surface area (Å²) in [5.74, 6) is 3.60. The van der Waals surface area contributed by atoms with Gasteiger partial charge in [0, 0.05) is 32.2 Å². The molecule has 2 aliphatic carbocycles. The van der Waals surface area contributed by atoms with Crippen molar-refractivity contribution in [3.05, 3.63) is 24.3 Å². The molecule has 4 atom stereocenters.